The molecule has 0 N–H and O–H groups in total. The Morgan fingerprint density at radius 3 is 2.62 bits per heavy atom. The van der Waals surface area contributed by atoms with Crippen LogP contribution in [0.2, 0.25) is 0 Å². The molecule has 4 aliphatic rings. The quantitative estimate of drug-likeness (QED) is 0.303. The first-order valence-corrected chi connectivity index (χ1v) is 10.2. The van der Waals surface area contributed by atoms with Gasteiger partial charge in [0.15, 0.2) is 0 Å². The second-order valence-corrected chi connectivity index (χ2v) is 9.08. The average Bonchev–Trinajstić information content (AvgIpc) is 3.23. The Kier molecular flexibility index (Phi) is 4.79. The lowest BCUT2D eigenvalue weighted by molar-refractivity contribution is -0.152. The van der Waals surface area contributed by atoms with Gasteiger partial charge in [-0.2, -0.15) is 0 Å². The van der Waals surface area contributed by atoms with E-state index in [1.807, 2.05) is 0 Å². The van der Waals surface area contributed by atoms with E-state index in [4.69, 9.17) is 14.2 Å². The molecule has 0 aromatic rings. The van der Waals surface area contributed by atoms with E-state index in [1.165, 1.54) is 22.3 Å². The van der Waals surface area contributed by atoms with Crippen LogP contribution in [0.4, 0.5) is 4.79 Å². The number of allylic oxidation sites excluding steroid dienone is 1. The fourth-order valence-electron chi connectivity index (χ4n) is 4.60. The lowest BCUT2D eigenvalue weighted by Gasteiger charge is -2.29. The van der Waals surface area contributed by atoms with Gasteiger partial charge in [0.05, 0.1) is 17.9 Å². The van der Waals surface area contributed by atoms with Gasteiger partial charge in [-0.1, -0.05) is 5.57 Å². The third-order valence-corrected chi connectivity index (χ3v) is 5.83. The molecule has 4 rings (SSSR count). The Morgan fingerprint density at radius 1 is 1.24 bits per heavy atom. The third kappa shape index (κ3) is 3.58. The van der Waals surface area contributed by atoms with Crippen molar-refractivity contribution >= 4 is 18.0 Å². The molecule has 0 spiro atoms. The first kappa shape index (κ1) is 19.7. The number of esters is 1. The van der Waals surface area contributed by atoms with Crippen LogP contribution in [-0.2, 0) is 23.8 Å². The highest BCUT2D eigenvalue weighted by Crippen LogP contribution is 2.50. The smallest absolute Gasteiger partial charge is 0.417 e. The van der Waals surface area contributed by atoms with Gasteiger partial charge in [-0.3, -0.25) is 4.79 Å². The van der Waals surface area contributed by atoms with Crippen molar-refractivity contribution in [1.82, 2.24) is 4.90 Å². The summed E-state index contributed by atoms with van der Waals surface area (Å²) in [5, 5.41) is 0. The number of amides is 2. The topological polar surface area (TPSA) is 82.1 Å². The molecule has 0 aromatic heterocycles. The maximum Gasteiger partial charge on any atom is 0.417 e. The van der Waals surface area contributed by atoms with E-state index in [1.54, 1.807) is 33.8 Å². The van der Waals surface area contributed by atoms with Crippen molar-refractivity contribution in [2.24, 2.45) is 5.92 Å². The highest BCUT2D eigenvalue weighted by atomic mass is 16.7. The predicted molar refractivity (Wildman–Crippen MR) is 103 cm³/mol. The Morgan fingerprint density at radius 2 is 1.97 bits per heavy atom. The van der Waals surface area contributed by atoms with Gasteiger partial charge in [0.2, 0.25) is 0 Å². The molecule has 0 radical (unpaired) electrons. The van der Waals surface area contributed by atoms with Crippen LogP contribution < -0.4 is 0 Å². The summed E-state index contributed by atoms with van der Waals surface area (Å²) in [5.74, 6) is -0.964. The van der Waals surface area contributed by atoms with Crippen LogP contribution in [0, 0.1) is 5.92 Å². The molecule has 2 aliphatic heterocycles. The lowest BCUT2D eigenvalue weighted by atomic mass is 9.92. The predicted octanol–water partition coefficient (Wildman–Crippen LogP) is 3.75. The normalized spacial score (nSPS) is 30.3. The summed E-state index contributed by atoms with van der Waals surface area (Å²) in [4.78, 5) is 38.9. The van der Waals surface area contributed by atoms with Gasteiger partial charge in [-0.25, -0.2) is 14.5 Å². The summed E-state index contributed by atoms with van der Waals surface area (Å²) in [6, 6.07) is -0.300. The van der Waals surface area contributed by atoms with Crippen molar-refractivity contribution in [3.63, 3.8) is 0 Å². The highest BCUT2D eigenvalue weighted by molar-refractivity contribution is 6.06. The van der Waals surface area contributed by atoms with E-state index in [9.17, 15) is 14.4 Å². The van der Waals surface area contributed by atoms with Crippen molar-refractivity contribution in [3.8, 4) is 0 Å². The fraction of sp³-hybridized carbons (Fsp3) is 0.591. The van der Waals surface area contributed by atoms with E-state index in [0.29, 0.717) is 11.1 Å². The molecule has 3 atom stereocenters. The van der Waals surface area contributed by atoms with Crippen molar-refractivity contribution < 1.29 is 28.6 Å². The summed E-state index contributed by atoms with van der Waals surface area (Å²) in [6.45, 7) is 7.00. The van der Waals surface area contributed by atoms with Crippen molar-refractivity contribution in [3.05, 3.63) is 34.6 Å². The molecule has 29 heavy (non-hydrogen) atoms. The zero-order valence-electron chi connectivity index (χ0n) is 17.3. The van der Waals surface area contributed by atoms with Crippen molar-refractivity contribution in [2.45, 2.75) is 77.7 Å². The van der Waals surface area contributed by atoms with Gasteiger partial charge in [-0.05, 0) is 65.4 Å². The Balaban J connectivity index is 1.62. The van der Waals surface area contributed by atoms with Gasteiger partial charge < -0.3 is 14.2 Å². The average molecular weight is 401 g/mol. The van der Waals surface area contributed by atoms with E-state index in [0.717, 1.165) is 32.1 Å². The van der Waals surface area contributed by atoms with Gasteiger partial charge in [0.25, 0.3) is 12.2 Å². The number of ether oxygens (including phenoxy) is 3. The molecule has 0 aromatic carbocycles. The first-order chi connectivity index (χ1) is 13.7. The highest BCUT2D eigenvalue weighted by Gasteiger charge is 2.54. The van der Waals surface area contributed by atoms with E-state index >= 15 is 0 Å². The standard InChI is InChI=1S/C22H27NO6/c1-12-9-17(28-20(12)25)27-11-16-15-10-13-7-5-6-8-14(13)18(15)23(19(16)24)21(26)29-22(2,3)4/h9,11,15,17-18H,5-8,10H2,1-4H3/b16-11+/t15?,17?,18-/m1/s1. The summed E-state index contributed by atoms with van der Waals surface area (Å²) < 4.78 is 16.2. The third-order valence-electron chi connectivity index (χ3n) is 5.83. The maximum absolute atomic E-state index is 13.2. The molecular weight excluding hydrogens is 374 g/mol. The molecule has 0 saturated carbocycles. The summed E-state index contributed by atoms with van der Waals surface area (Å²) in [6.07, 6.45) is 6.33. The van der Waals surface area contributed by atoms with Crippen LogP contribution >= 0.6 is 0 Å². The number of hydrogen-bond acceptors (Lipinski definition) is 6. The minimum Gasteiger partial charge on any atom is -0.458 e. The summed E-state index contributed by atoms with van der Waals surface area (Å²) in [7, 11) is 0. The minimum absolute atomic E-state index is 0.139. The number of fused-ring (bicyclic) bond motifs is 2. The van der Waals surface area contributed by atoms with Crippen LogP contribution in [0.15, 0.2) is 34.6 Å². The number of cyclic esters (lactones) is 1. The Hall–Kier alpha value is -2.57. The number of imide groups is 1. The summed E-state index contributed by atoms with van der Waals surface area (Å²) in [5.41, 5.74) is 2.76. The van der Waals surface area contributed by atoms with Gasteiger partial charge in [-0.15, -0.1) is 0 Å². The molecule has 7 nitrogen and oxygen atoms in total. The molecule has 2 unspecified atom stereocenters. The van der Waals surface area contributed by atoms with E-state index in [-0.39, 0.29) is 12.0 Å². The Bertz CT molecular complexity index is 859. The molecule has 1 fully saturated rings. The van der Waals surface area contributed by atoms with Gasteiger partial charge >= 0.3 is 12.1 Å². The van der Waals surface area contributed by atoms with Crippen LogP contribution in [-0.4, -0.2) is 40.8 Å². The molecule has 0 bridgehead atoms. The number of carbonyl (C=O) groups is 3. The fourth-order valence-corrected chi connectivity index (χ4v) is 4.60. The van der Waals surface area contributed by atoms with Crippen LogP contribution in [0.5, 0.6) is 0 Å². The second-order valence-electron chi connectivity index (χ2n) is 9.08. The van der Waals surface area contributed by atoms with Crippen molar-refractivity contribution in [2.75, 3.05) is 0 Å². The van der Waals surface area contributed by atoms with Crippen molar-refractivity contribution in [1.29, 1.82) is 0 Å². The lowest BCUT2D eigenvalue weighted by Crippen LogP contribution is -2.43. The zero-order valence-corrected chi connectivity index (χ0v) is 17.3. The second kappa shape index (κ2) is 7.04. The number of hydrogen-bond donors (Lipinski definition) is 0. The number of rotatable bonds is 2. The number of likely N-dealkylation sites (tertiary alicyclic amines) is 1. The SMILES string of the molecule is CC1=CC(O/C=C2/C(=O)N(C(=O)OC(C)(C)C)[C@@H]3C4=C(CCCC4)CC23)OC1=O. The molecule has 2 heterocycles. The van der Waals surface area contributed by atoms with Crippen LogP contribution in [0.25, 0.3) is 0 Å². The van der Waals surface area contributed by atoms with Crippen LogP contribution in [0.3, 0.4) is 0 Å². The number of nitrogens with zero attached hydrogens (tertiary/aromatic N) is 1. The Labute approximate surface area is 170 Å². The van der Waals surface area contributed by atoms with E-state index < -0.39 is 29.9 Å². The molecule has 1 saturated heterocycles. The zero-order chi connectivity index (χ0) is 20.9. The summed E-state index contributed by atoms with van der Waals surface area (Å²) >= 11 is 0. The molecular formula is C22H27NO6. The molecule has 156 valence electrons. The monoisotopic (exact) mass is 401 g/mol. The maximum atomic E-state index is 13.2. The van der Waals surface area contributed by atoms with Gasteiger partial charge in [0, 0.05) is 17.6 Å². The van der Waals surface area contributed by atoms with Gasteiger partial charge in [0.1, 0.15) is 5.60 Å². The first-order valence-electron chi connectivity index (χ1n) is 10.2. The largest absolute Gasteiger partial charge is 0.458 e. The van der Waals surface area contributed by atoms with E-state index in [2.05, 4.69) is 0 Å². The molecule has 7 heteroatoms. The minimum atomic E-state index is -0.846. The molecule has 2 aliphatic carbocycles. The van der Waals surface area contributed by atoms with Crippen LogP contribution in [0.1, 0.15) is 59.8 Å². The number of carbonyl (C=O) groups excluding carboxylic acids is 3. The molecule has 2 amide bonds.